The molecule has 1 heterocycles. The molecule has 1 unspecified atom stereocenters. The lowest BCUT2D eigenvalue weighted by Gasteiger charge is -2.39. The number of nitrogens with zero attached hydrogens (tertiary/aromatic N) is 3. The summed E-state index contributed by atoms with van der Waals surface area (Å²) in [7, 11) is 0. The molecule has 1 aromatic rings. The molecule has 2 N–H and O–H groups in total. The van der Waals surface area contributed by atoms with E-state index in [0.29, 0.717) is 24.5 Å². The summed E-state index contributed by atoms with van der Waals surface area (Å²) in [5.74, 6) is -0.0346. The fourth-order valence-electron chi connectivity index (χ4n) is 3.31. The Balaban J connectivity index is 2.21. The predicted molar refractivity (Wildman–Crippen MR) is 94.5 cm³/mol. The van der Waals surface area contributed by atoms with Crippen molar-refractivity contribution in [3.63, 3.8) is 0 Å². The van der Waals surface area contributed by atoms with E-state index in [1.165, 1.54) is 17.2 Å². The van der Waals surface area contributed by atoms with Crippen LogP contribution in [0.5, 0.6) is 0 Å². The maximum absolute atomic E-state index is 13.0. The zero-order valence-electron chi connectivity index (χ0n) is 15.1. The fourth-order valence-corrected chi connectivity index (χ4v) is 3.31. The van der Waals surface area contributed by atoms with Gasteiger partial charge in [0.1, 0.15) is 5.82 Å². The maximum Gasteiger partial charge on any atom is 0.209 e. The Morgan fingerprint density at radius 2 is 1.92 bits per heavy atom. The SMILES string of the molecule is CC1(C)CCC(N=C(NC#N)Nc2ccc(F)cc2)CC(C)(C)N1[O]. The summed E-state index contributed by atoms with van der Waals surface area (Å²) < 4.78 is 13.0. The molecule has 1 aliphatic heterocycles. The molecule has 1 fully saturated rings. The Morgan fingerprint density at radius 3 is 2.52 bits per heavy atom. The monoisotopic (exact) mass is 346 g/mol. The van der Waals surface area contributed by atoms with E-state index in [1.54, 1.807) is 12.1 Å². The van der Waals surface area contributed by atoms with Crippen molar-refractivity contribution in [2.24, 2.45) is 4.99 Å². The van der Waals surface area contributed by atoms with Crippen molar-refractivity contribution in [3.05, 3.63) is 30.1 Å². The van der Waals surface area contributed by atoms with Crippen molar-refractivity contribution >= 4 is 11.6 Å². The summed E-state index contributed by atoms with van der Waals surface area (Å²) in [6.07, 6.45) is 3.91. The van der Waals surface area contributed by atoms with Crippen molar-refractivity contribution in [2.75, 3.05) is 5.32 Å². The highest BCUT2D eigenvalue weighted by atomic mass is 19.1. The van der Waals surface area contributed by atoms with E-state index >= 15 is 0 Å². The Hall–Kier alpha value is -2.17. The molecule has 1 aromatic carbocycles. The van der Waals surface area contributed by atoms with Crippen LogP contribution in [0.25, 0.3) is 0 Å². The van der Waals surface area contributed by atoms with Gasteiger partial charge in [0.15, 0.2) is 6.19 Å². The molecule has 6 nitrogen and oxygen atoms in total. The van der Waals surface area contributed by atoms with Gasteiger partial charge in [0.05, 0.1) is 6.04 Å². The van der Waals surface area contributed by atoms with Gasteiger partial charge in [-0.2, -0.15) is 5.26 Å². The molecule has 1 atom stereocenters. The van der Waals surface area contributed by atoms with Crippen LogP contribution in [0.3, 0.4) is 0 Å². The lowest BCUT2D eigenvalue weighted by Crippen LogP contribution is -2.51. The van der Waals surface area contributed by atoms with E-state index in [1.807, 2.05) is 33.9 Å². The fraction of sp³-hybridized carbons (Fsp3) is 0.556. The number of hydrogen-bond acceptors (Lipinski definition) is 3. The summed E-state index contributed by atoms with van der Waals surface area (Å²) in [5, 5.41) is 28.3. The van der Waals surface area contributed by atoms with E-state index in [0.717, 1.165) is 6.42 Å². The maximum atomic E-state index is 13.0. The van der Waals surface area contributed by atoms with E-state index in [2.05, 4.69) is 15.6 Å². The topological polar surface area (TPSA) is 83.3 Å². The number of aliphatic imine (C=N–C) groups is 1. The molecule has 0 spiro atoms. The minimum atomic E-state index is -0.554. The first-order chi connectivity index (χ1) is 11.6. The highest BCUT2D eigenvalue weighted by Crippen LogP contribution is 2.36. The lowest BCUT2D eigenvalue weighted by atomic mass is 9.94. The molecule has 135 valence electrons. The Bertz CT molecular complexity index is 663. The zero-order valence-corrected chi connectivity index (χ0v) is 15.1. The first kappa shape index (κ1) is 19.2. The average Bonchev–Trinajstić information content (AvgIpc) is 2.60. The Morgan fingerprint density at radius 1 is 1.28 bits per heavy atom. The standard InChI is InChI=1S/C18H25FN5O/c1-17(2)10-9-15(11-18(3,4)24(17)25)23-16(21-12-20)22-14-7-5-13(19)6-8-14/h5-8,15H,9-11H2,1-4H3,(H2,21,22,23). The summed E-state index contributed by atoms with van der Waals surface area (Å²) in [6.45, 7) is 7.72. The van der Waals surface area contributed by atoms with Gasteiger partial charge in [-0.1, -0.05) is 0 Å². The second-order valence-electron chi connectivity index (χ2n) is 7.66. The zero-order chi connectivity index (χ0) is 18.7. The molecule has 0 aliphatic carbocycles. The van der Waals surface area contributed by atoms with Gasteiger partial charge in [-0.3, -0.25) is 5.32 Å². The highest BCUT2D eigenvalue weighted by Gasteiger charge is 2.43. The van der Waals surface area contributed by atoms with E-state index in [4.69, 9.17) is 5.26 Å². The summed E-state index contributed by atoms with van der Waals surface area (Å²) in [6, 6.07) is 5.71. The van der Waals surface area contributed by atoms with E-state index < -0.39 is 11.1 Å². The van der Waals surface area contributed by atoms with Gasteiger partial charge in [-0.25, -0.2) is 9.38 Å². The normalized spacial score (nSPS) is 23.4. The van der Waals surface area contributed by atoms with Crippen LogP contribution in [0.2, 0.25) is 0 Å². The lowest BCUT2D eigenvalue weighted by molar-refractivity contribution is -0.269. The summed E-state index contributed by atoms with van der Waals surface area (Å²) >= 11 is 0. The van der Waals surface area contributed by atoms with E-state index in [-0.39, 0.29) is 11.9 Å². The van der Waals surface area contributed by atoms with Gasteiger partial charge in [-0.15, -0.1) is 10.3 Å². The second kappa shape index (κ2) is 7.38. The summed E-state index contributed by atoms with van der Waals surface area (Å²) in [4.78, 5) is 4.61. The van der Waals surface area contributed by atoms with Crippen molar-refractivity contribution in [1.29, 1.82) is 5.26 Å². The molecule has 1 aliphatic rings. The number of guanidine groups is 1. The average molecular weight is 346 g/mol. The molecule has 2 rings (SSSR count). The van der Waals surface area contributed by atoms with Gasteiger partial charge in [0, 0.05) is 16.8 Å². The minimum Gasteiger partial charge on any atom is -0.326 e. The number of anilines is 1. The van der Waals surface area contributed by atoms with Gasteiger partial charge < -0.3 is 5.32 Å². The van der Waals surface area contributed by atoms with Gasteiger partial charge in [0.25, 0.3) is 0 Å². The first-order valence-corrected chi connectivity index (χ1v) is 8.37. The molecule has 1 saturated heterocycles. The largest absolute Gasteiger partial charge is 0.326 e. The quantitative estimate of drug-likeness (QED) is 0.372. The van der Waals surface area contributed by atoms with Crippen molar-refractivity contribution in [2.45, 2.75) is 64.1 Å². The molecule has 1 radical (unpaired) electrons. The van der Waals surface area contributed by atoms with Gasteiger partial charge >= 0.3 is 0 Å². The van der Waals surface area contributed by atoms with Crippen molar-refractivity contribution in [3.8, 4) is 6.19 Å². The smallest absolute Gasteiger partial charge is 0.209 e. The number of hydroxylamine groups is 2. The van der Waals surface area contributed by atoms with Crippen molar-refractivity contribution < 1.29 is 9.60 Å². The molecule has 0 amide bonds. The number of halogens is 1. The third-order valence-corrected chi connectivity index (χ3v) is 4.52. The second-order valence-corrected chi connectivity index (χ2v) is 7.66. The third kappa shape index (κ3) is 4.91. The number of nitrogens with one attached hydrogen (secondary N) is 2. The highest BCUT2D eigenvalue weighted by molar-refractivity contribution is 5.94. The minimum absolute atomic E-state index is 0.1000. The van der Waals surface area contributed by atoms with Crippen LogP contribution in [-0.2, 0) is 5.21 Å². The molecule has 0 saturated carbocycles. The van der Waals surface area contributed by atoms with Crippen LogP contribution in [-0.4, -0.2) is 28.1 Å². The predicted octanol–water partition coefficient (Wildman–Crippen LogP) is 3.42. The molecule has 0 bridgehead atoms. The van der Waals surface area contributed by atoms with Crippen LogP contribution < -0.4 is 10.6 Å². The van der Waals surface area contributed by atoms with Gasteiger partial charge in [0.2, 0.25) is 5.96 Å². The van der Waals surface area contributed by atoms with Crippen LogP contribution in [0.4, 0.5) is 10.1 Å². The van der Waals surface area contributed by atoms with Crippen LogP contribution in [0, 0.1) is 17.3 Å². The van der Waals surface area contributed by atoms with Crippen LogP contribution in [0.15, 0.2) is 29.3 Å². The Kier molecular flexibility index (Phi) is 5.65. The van der Waals surface area contributed by atoms with Crippen molar-refractivity contribution in [1.82, 2.24) is 10.4 Å². The number of hydrogen-bond donors (Lipinski definition) is 2. The molecular formula is C18H25FN5O. The third-order valence-electron chi connectivity index (χ3n) is 4.52. The number of benzene rings is 1. The number of nitriles is 1. The van der Waals surface area contributed by atoms with Gasteiger partial charge in [-0.05, 0) is 71.2 Å². The molecule has 25 heavy (non-hydrogen) atoms. The molecule has 7 heteroatoms. The van der Waals surface area contributed by atoms with Crippen LogP contribution >= 0.6 is 0 Å². The van der Waals surface area contributed by atoms with E-state index in [9.17, 15) is 9.60 Å². The molecule has 0 aromatic heterocycles. The van der Waals surface area contributed by atoms with Crippen LogP contribution in [0.1, 0.15) is 47.0 Å². The Labute approximate surface area is 148 Å². The summed E-state index contributed by atoms with van der Waals surface area (Å²) in [5.41, 5.74) is -0.385. The molecular weight excluding hydrogens is 321 g/mol. The first-order valence-electron chi connectivity index (χ1n) is 8.37. The number of rotatable bonds is 2.